The molecule has 0 radical (unpaired) electrons. The molecule has 4 saturated carbocycles. The van der Waals surface area contributed by atoms with Gasteiger partial charge in [0.1, 0.15) is 6.10 Å². The lowest BCUT2D eigenvalue weighted by Crippen LogP contribution is -2.67. The second-order valence-electron chi connectivity index (χ2n) is 14.8. The van der Waals surface area contributed by atoms with Crippen molar-refractivity contribution in [2.24, 2.45) is 56.7 Å². The first-order valence-electron chi connectivity index (χ1n) is 14.0. The Hall–Kier alpha value is -0.750. The summed E-state index contributed by atoms with van der Waals surface area (Å²) in [5.74, 6) is 0.485. The lowest BCUT2D eigenvalue weighted by molar-refractivity contribution is -0.209. The van der Waals surface area contributed by atoms with Crippen LogP contribution in [0.5, 0.6) is 0 Å². The molecule has 0 spiro atoms. The number of hydrogen-bond donors (Lipinski definition) is 4. The fourth-order valence-electron chi connectivity index (χ4n) is 11.2. The summed E-state index contributed by atoms with van der Waals surface area (Å²) in [6, 6.07) is 0. The van der Waals surface area contributed by atoms with Crippen LogP contribution < -0.4 is 0 Å². The van der Waals surface area contributed by atoms with Crippen LogP contribution in [0, 0.1) is 56.7 Å². The van der Waals surface area contributed by atoms with E-state index in [1.54, 1.807) is 0 Å². The van der Waals surface area contributed by atoms with Gasteiger partial charge in [0.25, 0.3) is 0 Å². The molecule has 0 bridgehead atoms. The summed E-state index contributed by atoms with van der Waals surface area (Å²) < 4.78 is 0. The number of fused-ring (bicyclic) bond motifs is 7. The van der Waals surface area contributed by atoms with Crippen molar-refractivity contribution in [1.82, 2.24) is 0 Å². The molecule has 5 heteroatoms. The van der Waals surface area contributed by atoms with Crippen molar-refractivity contribution in [3.8, 4) is 0 Å². The Morgan fingerprint density at radius 3 is 2.23 bits per heavy atom. The zero-order valence-electron chi connectivity index (χ0n) is 22.8. The van der Waals surface area contributed by atoms with Crippen LogP contribution in [0.15, 0.2) is 11.6 Å². The summed E-state index contributed by atoms with van der Waals surface area (Å²) in [7, 11) is 0. The third-order valence-electron chi connectivity index (χ3n) is 12.9. The van der Waals surface area contributed by atoms with Crippen LogP contribution in [0.25, 0.3) is 0 Å². The molecule has 5 rings (SSSR count). The maximum absolute atomic E-state index is 13.0. The summed E-state index contributed by atoms with van der Waals surface area (Å²) >= 11 is 0. The van der Waals surface area contributed by atoms with Gasteiger partial charge in [-0.1, -0.05) is 60.1 Å². The Kier molecular flexibility index (Phi) is 5.65. The van der Waals surface area contributed by atoms with Crippen molar-refractivity contribution in [2.75, 3.05) is 6.61 Å². The van der Waals surface area contributed by atoms with Crippen molar-refractivity contribution in [3.63, 3.8) is 0 Å². The third-order valence-corrected chi connectivity index (χ3v) is 12.9. The van der Waals surface area contributed by atoms with Gasteiger partial charge < -0.3 is 20.4 Å². The molecule has 0 aromatic rings. The standard InChI is InChI=1S/C30H48O5/c1-16(2)18-12-20(33)24-29(7)9-8-17-23(28(29,6)10-11-30(18,24)15-31)19(32)13-22-26(3,4)25(35)21(34)14-27(17,22)5/h8,16,18-24,31-34H,9-15H2,1-7H3/t18-,19-,20+,21+,22-,23-,24-,27+,28-,29+,30+/m0/s1. The quantitative estimate of drug-likeness (QED) is 0.439. The van der Waals surface area contributed by atoms with Gasteiger partial charge in [-0.2, -0.15) is 0 Å². The van der Waals surface area contributed by atoms with E-state index in [2.05, 4.69) is 40.7 Å². The SMILES string of the molecule is CC(C)[C@@H]1C[C@@H](O)[C@@H]2[C@@]1(CO)CC[C@@]1(C)[C@H]3C(=CC[C@]21C)[C@@]1(C)C[C@@H](O)C(=O)C(C)(C)[C@@H]1C[C@@H]3O. The maximum Gasteiger partial charge on any atom is 0.167 e. The van der Waals surface area contributed by atoms with Gasteiger partial charge >= 0.3 is 0 Å². The molecular formula is C30H48O5. The van der Waals surface area contributed by atoms with E-state index < -0.39 is 23.7 Å². The molecule has 35 heavy (non-hydrogen) atoms. The zero-order chi connectivity index (χ0) is 25.9. The Morgan fingerprint density at radius 2 is 1.63 bits per heavy atom. The fraction of sp³-hybridized carbons (Fsp3) is 0.900. The summed E-state index contributed by atoms with van der Waals surface area (Å²) in [6.07, 6.45) is 4.61. The minimum atomic E-state index is -0.971. The lowest BCUT2D eigenvalue weighted by Gasteiger charge is -2.70. The van der Waals surface area contributed by atoms with E-state index in [1.807, 2.05) is 13.8 Å². The zero-order valence-corrected chi connectivity index (χ0v) is 22.8. The van der Waals surface area contributed by atoms with Crippen LogP contribution in [0.2, 0.25) is 0 Å². The van der Waals surface area contributed by atoms with E-state index in [9.17, 15) is 25.2 Å². The molecule has 5 aliphatic carbocycles. The number of rotatable bonds is 2. The first-order valence-corrected chi connectivity index (χ1v) is 14.0. The number of allylic oxidation sites excluding steroid dienone is 1. The molecule has 5 nitrogen and oxygen atoms in total. The Morgan fingerprint density at radius 1 is 0.971 bits per heavy atom. The first-order chi connectivity index (χ1) is 16.1. The first kappa shape index (κ1) is 25.9. The van der Waals surface area contributed by atoms with Gasteiger partial charge in [0.05, 0.1) is 12.2 Å². The normalized spacial score (nSPS) is 55.0. The molecule has 4 N–H and O–H groups in total. The van der Waals surface area contributed by atoms with Crippen LogP contribution in [-0.4, -0.2) is 51.1 Å². The summed E-state index contributed by atoms with van der Waals surface area (Å²) in [5.41, 5.74) is -0.582. The van der Waals surface area contributed by atoms with Crippen molar-refractivity contribution in [2.45, 2.75) is 105 Å². The van der Waals surface area contributed by atoms with Gasteiger partial charge in [-0.25, -0.2) is 0 Å². The van der Waals surface area contributed by atoms with Crippen molar-refractivity contribution in [1.29, 1.82) is 0 Å². The van der Waals surface area contributed by atoms with Gasteiger partial charge in [0.15, 0.2) is 5.78 Å². The largest absolute Gasteiger partial charge is 0.396 e. The molecule has 198 valence electrons. The Bertz CT molecular complexity index is 939. The van der Waals surface area contributed by atoms with Gasteiger partial charge in [0, 0.05) is 23.4 Å². The Labute approximate surface area is 211 Å². The van der Waals surface area contributed by atoms with Gasteiger partial charge in [-0.15, -0.1) is 0 Å². The number of Topliss-reactive ketones (excluding diaryl/α,β-unsaturated/α-hetero) is 1. The summed E-state index contributed by atoms with van der Waals surface area (Å²) in [4.78, 5) is 13.0. The number of aliphatic hydroxyl groups excluding tert-OH is 4. The van der Waals surface area contributed by atoms with Crippen LogP contribution in [-0.2, 0) is 4.79 Å². The predicted molar refractivity (Wildman–Crippen MR) is 135 cm³/mol. The molecule has 0 unspecified atom stereocenters. The van der Waals surface area contributed by atoms with Crippen LogP contribution in [0.4, 0.5) is 0 Å². The summed E-state index contributed by atoms with van der Waals surface area (Å²) in [6.45, 7) is 15.3. The van der Waals surface area contributed by atoms with E-state index in [4.69, 9.17) is 0 Å². The van der Waals surface area contributed by atoms with Crippen LogP contribution in [0.3, 0.4) is 0 Å². The number of carbonyl (C=O) groups excluding carboxylic acids is 1. The highest BCUT2D eigenvalue weighted by molar-refractivity contribution is 5.89. The molecular weight excluding hydrogens is 440 g/mol. The molecule has 0 amide bonds. The number of ketones is 1. The van der Waals surface area contributed by atoms with Crippen molar-refractivity contribution in [3.05, 3.63) is 11.6 Å². The van der Waals surface area contributed by atoms with E-state index in [1.165, 1.54) is 5.57 Å². The molecule has 0 aliphatic heterocycles. The molecule has 0 saturated heterocycles. The number of carbonyl (C=O) groups is 1. The van der Waals surface area contributed by atoms with E-state index in [0.717, 1.165) is 25.7 Å². The minimum absolute atomic E-state index is 0.0149. The maximum atomic E-state index is 13.0. The number of aliphatic hydroxyl groups is 4. The van der Waals surface area contributed by atoms with Crippen molar-refractivity contribution >= 4 is 5.78 Å². The second kappa shape index (κ2) is 7.65. The number of hydrogen-bond acceptors (Lipinski definition) is 5. The Balaban J connectivity index is 1.64. The lowest BCUT2D eigenvalue weighted by atomic mass is 9.35. The average Bonchev–Trinajstić information content (AvgIpc) is 3.09. The molecule has 5 aliphatic rings. The van der Waals surface area contributed by atoms with E-state index >= 15 is 0 Å². The minimum Gasteiger partial charge on any atom is -0.396 e. The highest BCUT2D eigenvalue weighted by atomic mass is 16.3. The molecule has 4 fully saturated rings. The van der Waals surface area contributed by atoms with Crippen molar-refractivity contribution < 1.29 is 25.2 Å². The molecule has 0 heterocycles. The van der Waals surface area contributed by atoms with Gasteiger partial charge in [0.2, 0.25) is 0 Å². The predicted octanol–water partition coefficient (Wildman–Crippen LogP) is 4.12. The van der Waals surface area contributed by atoms with Crippen LogP contribution in [0.1, 0.15) is 87.0 Å². The second-order valence-corrected chi connectivity index (χ2v) is 14.8. The van der Waals surface area contributed by atoms with Gasteiger partial charge in [-0.05, 0) is 78.4 Å². The van der Waals surface area contributed by atoms with E-state index in [-0.39, 0.29) is 57.7 Å². The van der Waals surface area contributed by atoms with Gasteiger partial charge in [-0.3, -0.25) is 4.79 Å². The summed E-state index contributed by atoms with van der Waals surface area (Å²) in [5, 5.41) is 45.0. The molecule has 0 aromatic carbocycles. The molecule has 11 atom stereocenters. The van der Waals surface area contributed by atoms with Crippen LogP contribution >= 0.6 is 0 Å². The van der Waals surface area contributed by atoms with E-state index in [0.29, 0.717) is 18.8 Å². The fourth-order valence-corrected chi connectivity index (χ4v) is 11.2. The highest BCUT2D eigenvalue weighted by Gasteiger charge is 2.72. The topological polar surface area (TPSA) is 98.0 Å². The average molecular weight is 489 g/mol. The smallest absolute Gasteiger partial charge is 0.167 e. The molecule has 0 aromatic heterocycles. The monoisotopic (exact) mass is 488 g/mol. The highest BCUT2D eigenvalue weighted by Crippen LogP contribution is 2.76. The third kappa shape index (κ3) is 2.93.